The average Bonchev–Trinajstić information content (AvgIpc) is 3.10. The number of hydrogen-bond donors (Lipinski definition) is 0. The number of benzene rings is 9. The van der Waals surface area contributed by atoms with Crippen LogP contribution in [0.2, 0.25) is 0 Å². The van der Waals surface area contributed by atoms with Gasteiger partial charge in [0.05, 0.1) is 0 Å². The van der Waals surface area contributed by atoms with Gasteiger partial charge in [0.15, 0.2) is 0 Å². The molecule has 0 spiro atoms. The number of rotatable bonds is 3. The van der Waals surface area contributed by atoms with E-state index < -0.39 is 0 Å². The lowest BCUT2D eigenvalue weighted by atomic mass is 9.90. The SMILES string of the molecule is c1ccc2cc(-c3ccc(-c4ccc5cc(-c6cc7ccc8ccccc8c7c7ccccc67)ccc5c4)cc3)ccc2c1. The van der Waals surface area contributed by atoms with Gasteiger partial charge in [-0.05, 0) is 112 Å². The quantitative estimate of drug-likeness (QED) is 0.190. The first kappa shape index (κ1) is 24.8. The topological polar surface area (TPSA) is 0 Å². The summed E-state index contributed by atoms with van der Waals surface area (Å²) in [6, 6.07) is 62.4. The lowest BCUT2D eigenvalue weighted by Gasteiger charge is -2.14. The Morgan fingerprint density at radius 2 is 0.659 bits per heavy atom. The third-order valence-electron chi connectivity index (χ3n) is 9.20. The maximum Gasteiger partial charge on any atom is -0.00264 e. The van der Waals surface area contributed by atoms with Crippen molar-refractivity contribution in [3.05, 3.63) is 170 Å². The van der Waals surface area contributed by atoms with Gasteiger partial charge in [-0.1, -0.05) is 146 Å². The average molecular weight is 557 g/mol. The van der Waals surface area contributed by atoms with Gasteiger partial charge in [-0.15, -0.1) is 0 Å². The zero-order valence-corrected chi connectivity index (χ0v) is 24.2. The van der Waals surface area contributed by atoms with Crippen molar-refractivity contribution in [1.29, 1.82) is 0 Å². The Bertz CT molecular complexity index is 2530. The van der Waals surface area contributed by atoms with E-state index in [2.05, 4.69) is 170 Å². The summed E-state index contributed by atoms with van der Waals surface area (Å²) >= 11 is 0. The van der Waals surface area contributed by atoms with Crippen molar-refractivity contribution >= 4 is 53.9 Å². The fraction of sp³-hybridized carbons (Fsp3) is 0. The molecule has 9 aromatic rings. The highest BCUT2D eigenvalue weighted by Gasteiger charge is 2.12. The van der Waals surface area contributed by atoms with Gasteiger partial charge in [0.2, 0.25) is 0 Å². The predicted octanol–water partition coefficient (Wildman–Crippen LogP) is 12.5. The Kier molecular flexibility index (Phi) is 5.61. The molecule has 0 unspecified atom stereocenters. The van der Waals surface area contributed by atoms with Crippen molar-refractivity contribution in [2.75, 3.05) is 0 Å². The van der Waals surface area contributed by atoms with Crippen molar-refractivity contribution in [3.63, 3.8) is 0 Å². The molecule has 0 nitrogen and oxygen atoms in total. The third-order valence-corrected chi connectivity index (χ3v) is 9.20. The molecule has 9 aromatic carbocycles. The number of hydrogen-bond acceptors (Lipinski definition) is 0. The molecular weight excluding hydrogens is 528 g/mol. The lowest BCUT2D eigenvalue weighted by molar-refractivity contribution is 1.61. The largest absolute Gasteiger partial charge is 0.0616 e. The molecule has 0 aliphatic rings. The summed E-state index contributed by atoms with van der Waals surface area (Å²) < 4.78 is 0. The molecule has 0 aliphatic carbocycles. The maximum absolute atomic E-state index is 2.37. The summed E-state index contributed by atoms with van der Waals surface area (Å²) in [6.07, 6.45) is 0. The maximum atomic E-state index is 2.37. The summed E-state index contributed by atoms with van der Waals surface area (Å²) in [5.74, 6) is 0. The van der Waals surface area contributed by atoms with Crippen LogP contribution in [-0.4, -0.2) is 0 Å². The van der Waals surface area contributed by atoms with Crippen molar-refractivity contribution in [2.24, 2.45) is 0 Å². The normalized spacial score (nSPS) is 11.6. The van der Waals surface area contributed by atoms with Crippen LogP contribution < -0.4 is 0 Å². The second kappa shape index (κ2) is 9.93. The Labute approximate surface area is 256 Å². The molecule has 0 atom stereocenters. The summed E-state index contributed by atoms with van der Waals surface area (Å²) in [5.41, 5.74) is 7.47. The van der Waals surface area contributed by atoms with Crippen LogP contribution in [-0.2, 0) is 0 Å². The minimum Gasteiger partial charge on any atom is -0.0616 e. The molecule has 9 rings (SSSR count). The first-order valence-corrected chi connectivity index (χ1v) is 15.3. The van der Waals surface area contributed by atoms with E-state index in [1.54, 1.807) is 0 Å². The molecule has 0 saturated carbocycles. The van der Waals surface area contributed by atoms with Gasteiger partial charge in [0.1, 0.15) is 0 Å². The Morgan fingerprint density at radius 1 is 0.227 bits per heavy atom. The van der Waals surface area contributed by atoms with Gasteiger partial charge < -0.3 is 0 Å². The second-order valence-corrected chi connectivity index (χ2v) is 11.8. The van der Waals surface area contributed by atoms with E-state index in [9.17, 15) is 0 Å². The Balaban J connectivity index is 1.09. The highest BCUT2D eigenvalue weighted by atomic mass is 14.2. The first-order chi connectivity index (χ1) is 21.8. The van der Waals surface area contributed by atoms with Crippen LogP contribution in [0.15, 0.2) is 170 Å². The standard InChI is InChI=1S/C44H28/c1-2-9-33-25-34(19-17-29(33)7-1)30-13-15-31(16-14-30)35-20-21-37-27-38(23-22-36(37)26-35)43-28-39-24-18-32-8-3-4-10-40(32)44(39)42-12-6-5-11-41(42)43/h1-28H. The molecule has 0 radical (unpaired) electrons. The molecule has 0 aliphatic heterocycles. The second-order valence-electron chi connectivity index (χ2n) is 11.8. The van der Waals surface area contributed by atoms with E-state index in [0.29, 0.717) is 0 Å². The molecular formula is C44H28. The van der Waals surface area contributed by atoms with Gasteiger partial charge in [0.25, 0.3) is 0 Å². The highest BCUT2D eigenvalue weighted by molar-refractivity contribution is 6.23. The van der Waals surface area contributed by atoms with Gasteiger partial charge in [-0.3, -0.25) is 0 Å². The molecule has 0 heteroatoms. The van der Waals surface area contributed by atoms with Crippen molar-refractivity contribution in [2.45, 2.75) is 0 Å². The van der Waals surface area contributed by atoms with Crippen LogP contribution in [0.25, 0.3) is 87.2 Å². The molecule has 0 saturated heterocycles. The third kappa shape index (κ3) is 4.07. The first-order valence-electron chi connectivity index (χ1n) is 15.3. The zero-order valence-electron chi connectivity index (χ0n) is 24.2. The summed E-state index contributed by atoms with van der Waals surface area (Å²) in [5, 5.41) is 12.8. The van der Waals surface area contributed by atoms with E-state index in [1.807, 2.05) is 0 Å². The molecule has 0 aromatic heterocycles. The molecule has 0 amide bonds. The zero-order chi connectivity index (χ0) is 29.0. The lowest BCUT2D eigenvalue weighted by Crippen LogP contribution is -1.87. The summed E-state index contributed by atoms with van der Waals surface area (Å²) in [7, 11) is 0. The van der Waals surface area contributed by atoms with Crippen LogP contribution in [0.4, 0.5) is 0 Å². The fourth-order valence-corrected chi connectivity index (χ4v) is 6.93. The Morgan fingerprint density at radius 3 is 1.36 bits per heavy atom. The van der Waals surface area contributed by atoms with Gasteiger partial charge >= 0.3 is 0 Å². The van der Waals surface area contributed by atoms with Gasteiger partial charge in [-0.2, -0.15) is 0 Å². The van der Waals surface area contributed by atoms with Crippen molar-refractivity contribution in [1.82, 2.24) is 0 Å². The number of fused-ring (bicyclic) bond motifs is 7. The van der Waals surface area contributed by atoms with Gasteiger partial charge in [-0.25, -0.2) is 0 Å². The predicted molar refractivity (Wildman–Crippen MR) is 190 cm³/mol. The van der Waals surface area contributed by atoms with Crippen LogP contribution in [0.1, 0.15) is 0 Å². The minimum absolute atomic E-state index is 1.23. The van der Waals surface area contributed by atoms with E-state index in [-0.39, 0.29) is 0 Å². The van der Waals surface area contributed by atoms with Gasteiger partial charge in [0, 0.05) is 0 Å². The monoisotopic (exact) mass is 556 g/mol. The molecule has 0 heterocycles. The molecule has 0 N–H and O–H groups in total. The Hall–Kier alpha value is -5.72. The van der Waals surface area contributed by atoms with E-state index in [0.717, 1.165) is 0 Å². The van der Waals surface area contributed by atoms with Crippen LogP contribution in [0.5, 0.6) is 0 Å². The van der Waals surface area contributed by atoms with Crippen LogP contribution in [0, 0.1) is 0 Å². The van der Waals surface area contributed by atoms with Crippen molar-refractivity contribution in [3.8, 4) is 33.4 Å². The fourth-order valence-electron chi connectivity index (χ4n) is 6.93. The van der Waals surface area contributed by atoms with E-state index >= 15 is 0 Å². The van der Waals surface area contributed by atoms with Crippen molar-refractivity contribution < 1.29 is 0 Å². The molecule has 204 valence electrons. The minimum atomic E-state index is 1.23. The summed E-state index contributed by atoms with van der Waals surface area (Å²) in [4.78, 5) is 0. The van der Waals surface area contributed by atoms with E-state index in [1.165, 1.54) is 87.2 Å². The highest BCUT2D eigenvalue weighted by Crippen LogP contribution is 2.39. The molecule has 0 bridgehead atoms. The smallest absolute Gasteiger partial charge is 0.00264 e. The van der Waals surface area contributed by atoms with Crippen LogP contribution >= 0.6 is 0 Å². The van der Waals surface area contributed by atoms with Crippen LogP contribution in [0.3, 0.4) is 0 Å². The summed E-state index contributed by atoms with van der Waals surface area (Å²) in [6.45, 7) is 0. The van der Waals surface area contributed by atoms with E-state index in [4.69, 9.17) is 0 Å². The molecule has 44 heavy (non-hydrogen) atoms. The molecule has 0 fully saturated rings.